The molecule has 0 fully saturated rings. The number of carbonyl (C=O) groups excluding carboxylic acids is 1. The molecule has 0 atom stereocenters. The number of pyridine rings is 1. The third-order valence-corrected chi connectivity index (χ3v) is 3.44. The van der Waals surface area contributed by atoms with Crippen LogP contribution in [0.15, 0.2) is 47.1 Å². The number of nitrogens with zero attached hydrogens (tertiary/aromatic N) is 1. The lowest BCUT2D eigenvalue weighted by atomic mass is 10.1. The molecule has 4 nitrogen and oxygen atoms in total. The predicted molar refractivity (Wildman–Crippen MR) is 100 cm³/mol. The Bertz CT molecular complexity index is 719. The lowest BCUT2D eigenvalue weighted by molar-refractivity contribution is 0.0523. The number of ether oxygens (including phenoxy) is 1. The minimum atomic E-state index is -0.487. The SMILES string of the molecule is CC(C)(C)OC(=O)NCc1ccc(/C=C/c2cccc(Br)n2)cc1. The maximum Gasteiger partial charge on any atom is 0.407 e. The van der Waals surface area contributed by atoms with Crippen LogP contribution in [0.3, 0.4) is 0 Å². The summed E-state index contributed by atoms with van der Waals surface area (Å²) in [6.45, 7) is 5.96. The van der Waals surface area contributed by atoms with Crippen LogP contribution in [-0.4, -0.2) is 16.7 Å². The molecule has 1 aromatic heterocycles. The van der Waals surface area contributed by atoms with Gasteiger partial charge in [-0.2, -0.15) is 0 Å². The van der Waals surface area contributed by atoms with Crippen molar-refractivity contribution in [3.63, 3.8) is 0 Å². The van der Waals surface area contributed by atoms with Gasteiger partial charge in [-0.3, -0.25) is 0 Å². The Morgan fingerprint density at radius 3 is 2.50 bits per heavy atom. The summed E-state index contributed by atoms with van der Waals surface area (Å²) in [4.78, 5) is 16.0. The van der Waals surface area contributed by atoms with Gasteiger partial charge in [-0.05, 0) is 66.0 Å². The van der Waals surface area contributed by atoms with Gasteiger partial charge in [-0.1, -0.05) is 36.4 Å². The Hall–Kier alpha value is -2.14. The third kappa shape index (κ3) is 6.54. The average molecular weight is 389 g/mol. The van der Waals surface area contributed by atoms with Crippen molar-refractivity contribution >= 4 is 34.2 Å². The van der Waals surface area contributed by atoms with Crippen molar-refractivity contribution < 1.29 is 9.53 Å². The van der Waals surface area contributed by atoms with E-state index in [1.807, 2.05) is 75.4 Å². The normalized spacial score (nSPS) is 11.5. The third-order valence-electron chi connectivity index (χ3n) is 3.00. The fraction of sp³-hybridized carbons (Fsp3) is 0.263. The first kappa shape index (κ1) is 18.2. The molecule has 0 spiro atoms. The zero-order chi connectivity index (χ0) is 17.6. The van der Waals surface area contributed by atoms with Crippen LogP contribution in [0.2, 0.25) is 0 Å². The Balaban J connectivity index is 1.90. The summed E-state index contributed by atoms with van der Waals surface area (Å²) in [5, 5.41) is 2.74. The maximum absolute atomic E-state index is 11.6. The van der Waals surface area contributed by atoms with E-state index in [0.29, 0.717) is 6.54 Å². The van der Waals surface area contributed by atoms with Crippen molar-refractivity contribution in [1.82, 2.24) is 10.3 Å². The first-order valence-electron chi connectivity index (χ1n) is 7.68. The molecule has 0 saturated heterocycles. The Labute approximate surface area is 151 Å². The second kappa shape index (κ2) is 8.11. The van der Waals surface area contributed by atoms with Crippen molar-refractivity contribution in [3.05, 3.63) is 63.9 Å². The maximum atomic E-state index is 11.6. The molecule has 2 aromatic rings. The van der Waals surface area contributed by atoms with E-state index < -0.39 is 11.7 Å². The van der Waals surface area contributed by atoms with E-state index >= 15 is 0 Å². The van der Waals surface area contributed by atoms with Crippen LogP contribution in [-0.2, 0) is 11.3 Å². The number of rotatable bonds is 4. The summed E-state index contributed by atoms with van der Waals surface area (Å²) in [5.41, 5.74) is 2.48. The molecule has 2 rings (SSSR count). The molecular formula is C19H21BrN2O2. The molecule has 0 aliphatic carbocycles. The fourth-order valence-electron chi connectivity index (χ4n) is 1.93. The van der Waals surface area contributed by atoms with Crippen molar-refractivity contribution in [2.24, 2.45) is 0 Å². The molecule has 126 valence electrons. The highest BCUT2D eigenvalue weighted by Gasteiger charge is 2.15. The van der Waals surface area contributed by atoms with Gasteiger partial charge in [-0.15, -0.1) is 0 Å². The number of aromatic nitrogens is 1. The molecule has 1 N–H and O–H groups in total. The standard InChI is InChI=1S/C19H21BrN2O2/c1-19(2,3)24-18(23)21-13-15-9-7-14(8-10-15)11-12-16-5-4-6-17(20)22-16/h4-12H,13H2,1-3H3,(H,21,23)/b12-11+. The van der Waals surface area contributed by atoms with Gasteiger partial charge in [0.1, 0.15) is 10.2 Å². The number of halogens is 1. The van der Waals surface area contributed by atoms with Crippen molar-refractivity contribution in [2.75, 3.05) is 0 Å². The van der Waals surface area contributed by atoms with E-state index in [4.69, 9.17) is 4.74 Å². The minimum absolute atomic E-state index is 0.410. The van der Waals surface area contributed by atoms with Crippen LogP contribution in [0, 0.1) is 0 Å². The first-order chi connectivity index (χ1) is 11.3. The number of hydrogen-bond acceptors (Lipinski definition) is 3. The summed E-state index contributed by atoms with van der Waals surface area (Å²) < 4.78 is 6.02. The quantitative estimate of drug-likeness (QED) is 0.746. The highest BCUT2D eigenvalue weighted by atomic mass is 79.9. The average Bonchev–Trinajstić information content (AvgIpc) is 2.50. The van der Waals surface area contributed by atoms with Crippen LogP contribution in [0.25, 0.3) is 12.2 Å². The number of alkyl carbamates (subject to hydrolysis) is 1. The summed E-state index contributed by atoms with van der Waals surface area (Å²) in [7, 11) is 0. The molecule has 0 aliphatic heterocycles. The summed E-state index contributed by atoms with van der Waals surface area (Å²) >= 11 is 3.36. The lowest BCUT2D eigenvalue weighted by Crippen LogP contribution is -2.32. The van der Waals surface area contributed by atoms with Crippen molar-refractivity contribution in [2.45, 2.75) is 32.9 Å². The number of hydrogen-bond donors (Lipinski definition) is 1. The lowest BCUT2D eigenvalue weighted by Gasteiger charge is -2.19. The van der Waals surface area contributed by atoms with Crippen molar-refractivity contribution in [1.29, 1.82) is 0 Å². The number of nitrogens with one attached hydrogen (secondary N) is 1. The molecule has 0 unspecified atom stereocenters. The van der Waals surface area contributed by atoms with E-state index in [-0.39, 0.29) is 0 Å². The molecule has 0 aliphatic rings. The Morgan fingerprint density at radius 1 is 1.17 bits per heavy atom. The van der Waals surface area contributed by atoms with Crippen LogP contribution < -0.4 is 5.32 Å². The van der Waals surface area contributed by atoms with Gasteiger partial charge in [0.15, 0.2) is 0 Å². The summed E-state index contributed by atoms with van der Waals surface area (Å²) in [6.07, 6.45) is 3.55. The van der Waals surface area contributed by atoms with Crippen molar-refractivity contribution in [3.8, 4) is 0 Å². The van der Waals surface area contributed by atoms with Gasteiger partial charge in [0.05, 0.1) is 5.69 Å². The molecule has 1 aromatic carbocycles. The molecule has 0 radical (unpaired) electrons. The van der Waals surface area contributed by atoms with Gasteiger partial charge in [0, 0.05) is 6.54 Å². The topological polar surface area (TPSA) is 51.2 Å². The van der Waals surface area contributed by atoms with Gasteiger partial charge in [0.25, 0.3) is 0 Å². The number of carbonyl (C=O) groups is 1. The minimum Gasteiger partial charge on any atom is -0.444 e. The highest BCUT2D eigenvalue weighted by Crippen LogP contribution is 2.12. The van der Waals surface area contributed by atoms with E-state index in [9.17, 15) is 4.79 Å². The van der Waals surface area contributed by atoms with Gasteiger partial charge in [0.2, 0.25) is 0 Å². The van der Waals surface area contributed by atoms with Crippen LogP contribution in [0.5, 0.6) is 0 Å². The number of benzene rings is 1. The molecule has 0 saturated carbocycles. The van der Waals surface area contributed by atoms with Crippen LogP contribution in [0.1, 0.15) is 37.6 Å². The summed E-state index contributed by atoms with van der Waals surface area (Å²) in [6, 6.07) is 13.7. The zero-order valence-corrected chi connectivity index (χ0v) is 15.6. The molecular weight excluding hydrogens is 368 g/mol. The second-order valence-corrected chi connectivity index (χ2v) is 7.13. The first-order valence-corrected chi connectivity index (χ1v) is 8.47. The van der Waals surface area contributed by atoms with Gasteiger partial charge >= 0.3 is 6.09 Å². The Kier molecular flexibility index (Phi) is 6.15. The molecule has 1 amide bonds. The second-order valence-electron chi connectivity index (χ2n) is 6.32. The molecule has 1 heterocycles. The molecule has 24 heavy (non-hydrogen) atoms. The number of amides is 1. The van der Waals surface area contributed by atoms with Crippen LogP contribution in [0.4, 0.5) is 4.79 Å². The van der Waals surface area contributed by atoms with E-state index in [1.165, 1.54) is 0 Å². The fourth-order valence-corrected chi connectivity index (χ4v) is 2.29. The van der Waals surface area contributed by atoms with Gasteiger partial charge in [-0.25, -0.2) is 9.78 Å². The van der Waals surface area contributed by atoms with Gasteiger partial charge < -0.3 is 10.1 Å². The predicted octanol–water partition coefficient (Wildman–Crippen LogP) is 5.04. The Morgan fingerprint density at radius 2 is 1.88 bits per heavy atom. The largest absolute Gasteiger partial charge is 0.444 e. The molecule has 5 heteroatoms. The smallest absolute Gasteiger partial charge is 0.407 e. The monoisotopic (exact) mass is 388 g/mol. The zero-order valence-electron chi connectivity index (χ0n) is 14.0. The van der Waals surface area contributed by atoms with Crippen LogP contribution >= 0.6 is 15.9 Å². The van der Waals surface area contributed by atoms with E-state index in [0.717, 1.165) is 21.4 Å². The van der Waals surface area contributed by atoms with E-state index in [2.05, 4.69) is 26.2 Å². The highest BCUT2D eigenvalue weighted by molar-refractivity contribution is 9.10. The molecule has 0 bridgehead atoms. The van der Waals surface area contributed by atoms with E-state index in [1.54, 1.807) is 0 Å². The summed E-state index contributed by atoms with van der Waals surface area (Å²) in [5.74, 6) is 0.